The molecule has 1 aromatic heterocycles. The lowest BCUT2D eigenvalue weighted by molar-refractivity contribution is -0.105. The highest BCUT2D eigenvalue weighted by molar-refractivity contribution is 9.09. The van der Waals surface area contributed by atoms with E-state index in [1.807, 2.05) is 6.92 Å². The van der Waals surface area contributed by atoms with E-state index in [1.54, 1.807) is 13.2 Å². The van der Waals surface area contributed by atoms with Crippen LogP contribution < -0.4 is 5.32 Å². The Bertz CT molecular complexity index is 314. The van der Waals surface area contributed by atoms with Gasteiger partial charge in [0.25, 0.3) is 5.91 Å². The molecule has 1 rings (SSSR count). The lowest BCUT2D eigenvalue weighted by Crippen LogP contribution is -2.19. The van der Waals surface area contributed by atoms with E-state index in [2.05, 4.69) is 31.2 Å². The maximum atomic E-state index is 10.9. The topological polar surface area (TPSA) is 72.0 Å². The zero-order chi connectivity index (χ0) is 11.7. The molecule has 0 radical (unpaired) electrons. The molecule has 15 heavy (non-hydrogen) atoms. The van der Waals surface area contributed by atoms with Crippen LogP contribution in [0.15, 0.2) is 12.4 Å². The minimum atomic E-state index is -0.211. The Hall–Kier alpha value is -1.30. The van der Waals surface area contributed by atoms with Gasteiger partial charge in [-0.25, -0.2) is 4.98 Å². The van der Waals surface area contributed by atoms with Crippen LogP contribution in [-0.2, 0) is 4.79 Å². The molecular weight excluding hydrogens is 262 g/mol. The van der Waals surface area contributed by atoms with E-state index in [1.165, 1.54) is 6.20 Å². The molecule has 0 aliphatic heterocycles. The molecule has 5 nitrogen and oxygen atoms in total. The number of nitrogens with zero attached hydrogens (tertiary/aromatic N) is 2. The van der Waals surface area contributed by atoms with Crippen molar-refractivity contribution < 1.29 is 9.59 Å². The lowest BCUT2D eigenvalue weighted by atomic mass is 10.4. The molecule has 1 heterocycles. The number of halogens is 1. The second-order valence-corrected chi connectivity index (χ2v) is 3.09. The van der Waals surface area contributed by atoms with Crippen LogP contribution >= 0.6 is 15.9 Å². The summed E-state index contributed by atoms with van der Waals surface area (Å²) in [6, 6.07) is 0. The van der Waals surface area contributed by atoms with E-state index in [4.69, 9.17) is 4.79 Å². The van der Waals surface area contributed by atoms with E-state index in [0.717, 1.165) is 12.0 Å². The minimum Gasteiger partial charge on any atom is -0.354 e. The first-order chi connectivity index (χ1) is 7.15. The first-order valence-corrected chi connectivity index (χ1v) is 5.28. The van der Waals surface area contributed by atoms with Crippen molar-refractivity contribution >= 4 is 28.1 Å². The first-order valence-electron chi connectivity index (χ1n) is 4.16. The van der Waals surface area contributed by atoms with Crippen LogP contribution in [0.4, 0.5) is 0 Å². The number of aldehydes is 1. The van der Waals surface area contributed by atoms with Gasteiger partial charge in [0.05, 0.1) is 17.2 Å². The van der Waals surface area contributed by atoms with Crippen LogP contribution in [0.3, 0.4) is 0 Å². The number of aromatic nitrogens is 2. The fourth-order valence-electron chi connectivity index (χ4n) is 0.638. The van der Waals surface area contributed by atoms with Crippen molar-refractivity contribution in [2.75, 3.05) is 12.4 Å². The van der Waals surface area contributed by atoms with Gasteiger partial charge in [-0.05, 0) is 6.92 Å². The molecule has 0 bridgehead atoms. The van der Waals surface area contributed by atoms with Crippen molar-refractivity contribution in [2.24, 2.45) is 0 Å². The van der Waals surface area contributed by atoms with Crippen LogP contribution in [0, 0.1) is 6.92 Å². The standard InChI is InChI=1S/C7H9N3O.C2H3BrO/c1-5-3-10-6(4-9-5)7(11)8-2;3-1-2-4/h3-4H,1-2H3,(H,8,11);2H,1H2. The average Bonchev–Trinajstić information content (AvgIpc) is 2.29. The highest BCUT2D eigenvalue weighted by Crippen LogP contribution is 1.92. The number of hydrogen-bond acceptors (Lipinski definition) is 4. The molecule has 1 amide bonds. The van der Waals surface area contributed by atoms with Crippen molar-refractivity contribution in [1.82, 2.24) is 15.3 Å². The molecule has 0 atom stereocenters. The average molecular weight is 274 g/mol. The van der Waals surface area contributed by atoms with Gasteiger partial charge in [0, 0.05) is 13.2 Å². The highest BCUT2D eigenvalue weighted by atomic mass is 79.9. The van der Waals surface area contributed by atoms with Gasteiger partial charge in [0.2, 0.25) is 0 Å². The molecule has 0 saturated carbocycles. The Morgan fingerprint density at radius 1 is 1.53 bits per heavy atom. The molecule has 6 heteroatoms. The SMILES string of the molecule is CNC(=O)c1cnc(C)cn1.O=CCBr. The van der Waals surface area contributed by atoms with Crippen LogP contribution in [0.5, 0.6) is 0 Å². The molecule has 82 valence electrons. The fourth-order valence-corrected chi connectivity index (χ4v) is 0.638. The summed E-state index contributed by atoms with van der Waals surface area (Å²) < 4.78 is 0. The highest BCUT2D eigenvalue weighted by Gasteiger charge is 2.02. The van der Waals surface area contributed by atoms with E-state index in [0.29, 0.717) is 11.0 Å². The van der Waals surface area contributed by atoms with Gasteiger partial charge in [0.1, 0.15) is 12.0 Å². The van der Waals surface area contributed by atoms with Crippen molar-refractivity contribution in [2.45, 2.75) is 6.92 Å². The van der Waals surface area contributed by atoms with Crippen LogP contribution in [0.2, 0.25) is 0 Å². The summed E-state index contributed by atoms with van der Waals surface area (Å²) in [6.45, 7) is 1.82. The maximum absolute atomic E-state index is 10.9. The Kier molecular flexibility index (Phi) is 7.35. The van der Waals surface area contributed by atoms with Gasteiger partial charge >= 0.3 is 0 Å². The molecular formula is C9H12BrN3O2. The Labute approximate surface area is 96.4 Å². The van der Waals surface area contributed by atoms with Crippen molar-refractivity contribution in [3.05, 3.63) is 23.8 Å². The van der Waals surface area contributed by atoms with Gasteiger partial charge in [0.15, 0.2) is 0 Å². The third-order valence-corrected chi connectivity index (χ3v) is 1.57. The van der Waals surface area contributed by atoms with Gasteiger partial charge in [-0.1, -0.05) is 15.9 Å². The monoisotopic (exact) mass is 273 g/mol. The molecule has 0 aliphatic carbocycles. The number of rotatable bonds is 2. The fraction of sp³-hybridized carbons (Fsp3) is 0.333. The number of aryl methyl sites for hydroxylation is 1. The summed E-state index contributed by atoms with van der Waals surface area (Å²) in [5.41, 5.74) is 1.15. The normalized spacial score (nSPS) is 8.47. The second kappa shape index (κ2) is 8.05. The van der Waals surface area contributed by atoms with E-state index in [9.17, 15) is 4.79 Å². The van der Waals surface area contributed by atoms with Crippen LogP contribution in [-0.4, -0.2) is 34.5 Å². The zero-order valence-corrected chi connectivity index (χ0v) is 10.1. The molecule has 0 saturated heterocycles. The van der Waals surface area contributed by atoms with E-state index < -0.39 is 0 Å². The van der Waals surface area contributed by atoms with Gasteiger partial charge < -0.3 is 10.1 Å². The minimum absolute atomic E-state index is 0.211. The second-order valence-electron chi connectivity index (χ2n) is 2.44. The summed E-state index contributed by atoms with van der Waals surface area (Å²) in [5, 5.41) is 2.91. The number of nitrogens with one attached hydrogen (secondary N) is 1. The van der Waals surface area contributed by atoms with Gasteiger partial charge in [-0.2, -0.15) is 0 Å². The van der Waals surface area contributed by atoms with E-state index >= 15 is 0 Å². The molecule has 0 aliphatic rings. The van der Waals surface area contributed by atoms with E-state index in [-0.39, 0.29) is 5.91 Å². The lowest BCUT2D eigenvalue weighted by Gasteiger charge is -1.96. The smallest absolute Gasteiger partial charge is 0.271 e. The number of amides is 1. The maximum Gasteiger partial charge on any atom is 0.271 e. The Balaban J connectivity index is 0.000000423. The Morgan fingerprint density at radius 3 is 2.47 bits per heavy atom. The molecule has 0 aromatic carbocycles. The third kappa shape index (κ3) is 5.90. The van der Waals surface area contributed by atoms with Crippen LogP contribution in [0.25, 0.3) is 0 Å². The predicted molar refractivity (Wildman–Crippen MR) is 60.0 cm³/mol. The van der Waals surface area contributed by atoms with Gasteiger partial charge in [-0.3, -0.25) is 9.78 Å². The number of hydrogen-bond donors (Lipinski definition) is 1. The zero-order valence-electron chi connectivity index (χ0n) is 8.53. The summed E-state index contributed by atoms with van der Waals surface area (Å²) >= 11 is 2.88. The quantitative estimate of drug-likeness (QED) is 0.637. The first kappa shape index (κ1) is 13.7. The molecule has 0 unspecified atom stereocenters. The van der Waals surface area contributed by atoms with Gasteiger partial charge in [-0.15, -0.1) is 0 Å². The predicted octanol–water partition coefficient (Wildman–Crippen LogP) is 0.725. The van der Waals surface area contributed by atoms with Crippen molar-refractivity contribution in [1.29, 1.82) is 0 Å². The Morgan fingerprint density at radius 2 is 2.13 bits per heavy atom. The number of carbonyl (C=O) groups excluding carboxylic acids is 2. The summed E-state index contributed by atoms with van der Waals surface area (Å²) in [6.07, 6.45) is 3.80. The van der Waals surface area contributed by atoms with Crippen molar-refractivity contribution in [3.8, 4) is 0 Å². The molecule has 1 N–H and O–H groups in total. The number of alkyl halides is 1. The third-order valence-electron chi connectivity index (χ3n) is 1.30. The molecule has 1 aromatic rings. The van der Waals surface area contributed by atoms with Crippen molar-refractivity contribution in [3.63, 3.8) is 0 Å². The number of carbonyl (C=O) groups is 2. The summed E-state index contributed by atoms with van der Waals surface area (Å²) in [7, 11) is 1.56. The summed E-state index contributed by atoms with van der Waals surface area (Å²) in [4.78, 5) is 27.8. The summed E-state index contributed by atoms with van der Waals surface area (Å²) in [5.74, 6) is -0.211. The largest absolute Gasteiger partial charge is 0.354 e. The van der Waals surface area contributed by atoms with Crippen LogP contribution in [0.1, 0.15) is 16.2 Å². The molecule has 0 fully saturated rings. The molecule has 0 spiro atoms.